The number of carbonyl (C=O) groups is 1. The number of piperidine rings is 1. The maximum atomic E-state index is 13.0. The lowest BCUT2D eigenvalue weighted by molar-refractivity contribution is 0.0599. The molecule has 134 valence electrons. The van der Waals surface area contributed by atoms with Crippen molar-refractivity contribution >= 4 is 16.0 Å². The van der Waals surface area contributed by atoms with Crippen LogP contribution in [-0.4, -0.2) is 52.0 Å². The second-order valence-electron chi connectivity index (χ2n) is 6.08. The number of nitrogens with zero attached hydrogens (tertiary/aromatic N) is 1. The number of rotatable bonds is 6. The van der Waals surface area contributed by atoms with Crippen LogP contribution in [0.2, 0.25) is 0 Å². The zero-order chi connectivity index (χ0) is 17.7. The summed E-state index contributed by atoms with van der Waals surface area (Å²) in [5, 5.41) is 3.32. The highest BCUT2D eigenvalue weighted by molar-refractivity contribution is 7.89. The van der Waals surface area contributed by atoms with Gasteiger partial charge in [0.25, 0.3) is 0 Å². The molecule has 1 aliphatic rings. The number of carbonyl (C=O) groups excluding carboxylic acids is 1. The van der Waals surface area contributed by atoms with Crippen LogP contribution >= 0.6 is 0 Å². The van der Waals surface area contributed by atoms with Crippen molar-refractivity contribution in [2.24, 2.45) is 5.92 Å². The van der Waals surface area contributed by atoms with E-state index in [-0.39, 0.29) is 4.90 Å². The quantitative estimate of drug-likeness (QED) is 0.788. The average Bonchev–Trinajstić information content (AvgIpc) is 2.59. The van der Waals surface area contributed by atoms with Gasteiger partial charge in [-0.05, 0) is 56.5 Å². The van der Waals surface area contributed by atoms with Gasteiger partial charge in [-0.1, -0.05) is 13.0 Å². The second kappa shape index (κ2) is 8.09. The lowest BCUT2D eigenvalue weighted by Crippen LogP contribution is -2.41. The van der Waals surface area contributed by atoms with Crippen molar-refractivity contribution in [2.75, 3.05) is 33.3 Å². The predicted octanol–water partition coefficient (Wildman–Crippen LogP) is 1.79. The summed E-state index contributed by atoms with van der Waals surface area (Å²) in [7, 11) is -2.31. The van der Waals surface area contributed by atoms with Gasteiger partial charge in [0, 0.05) is 13.1 Å². The molecule has 0 saturated carbocycles. The summed E-state index contributed by atoms with van der Waals surface area (Å²) in [5.41, 5.74) is 0.736. The van der Waals surface area contributed by atoms with Crippen molar-refractivity contribution in [1.82, 2.24) is 9.62 Å². The summed E-state index contributed by atoms with van der Waals surface area (Å²) >= 11 is 0. The number of sulfonamides is 1. The van der Waals surface area contributed by atoms with Gasteiger partial charge < -0.3 is 10.1 Å². The number of nitrogens with one attached hydrogen (secondary N) is 1. The Morgan fingerprint density at radius 3 is 2.58 bits per heavy atom. The van der Waals surface area contributed by atoms with E-state index in [1.165, 1.54) is 11.4 Å². The van der Waals surface area contributed by atoms with Crippen LogP contribution in [0.3, 0.4) is 0 Å². The summed E-state index contributed by atoms with van der Waals surface area (Å²) in [5.74, 6) is -0.00667. The minimum absolute atomic E-state index is 0.190. The fourth-order valence-corrected chi connectivity index (χ4v) is 4.78. The molecule has 0 unspecified atom stereocenters. The molecule has 1 saturated heterocycles. The molecule has 7 heteroatoms. The summed E-state index contributed by atoms with van der Waals surface area (Å²) in [6.07, 6.45) is 1.70. The van der Waals surface area contributed by atoms with Crippen molar-refractivity contribution in [1.29, 1.82) is 0 Å². The summed E-state index contributed by atoms with van der Waals surface area (Å²) < 4.78 is 32.2. The van der Waals surface area contributed by atoms with Gasteiger partial charge in [-0.25, -0.2) is 13.2 Å². The molecule has 6 nitrogen and oxygen atoms in total. The number of hydrogen-bond donors (Lipinski definition) is 1. The maximum Gasteiger partial charge on any atom is 0.338 e. The summed E-state index contributed by atoms with van der Waals surface area (Å²) in [6, 6.07) is 4.73. The van der Waals surface area contributed by atoms with Crippen LogP contribution < -0.4 is 5.32 Å². The van der Waals surface area contributed by atoms with E-state index in [1.54, 1.807) is 25.1 Å². The first kappa shape index (κ1) is 18.9. The van der Waals surface area contributed by atoms with Crippen LogP contribution in [0, 0.1) is 12.8 Å². The molecule has 0 amide bonds. The number of methoxy groups -OCH3 is 1. The van der Waals surface area contributed by atoms with E-state index in [1.807, 2.05) is 0 Å². The minimum Gasteiger partial charge on any atom is -0.465 e. The van der Waals surface area contributed by atoms with E-state index < -0.39 is 16.0 Å². The smallest absolute Gasteiger partial charge is 0.338 e. The van der Waals surface area contributed by atoms with Crippen LogP contribution in [-0.2, 0) is 14.8 Å². The Kier molecular flexibility index (Phi) is 6.37. The molecular weight excluding hydrogens is 328 g/mol. The molecule has 0 spiro atoms. The third-order valence-electron chi connectivity index (χ3n) is 4.56. The van der Waals surface area contributed by atoms with Gasteiger partial charge >= 0.3 is 5.97 Å². The van der Waals surface area contributed by atoms with Crippen LogP contribution in [0.25, 0.3) is 0 Å². The van der Waals surface area contributed by atoms with E-state index in [0.717, 1.165) is 25.9 Å². The highest BCUT2D eigenvalue weighted by Crippen LogP contribution is 2.27. The number of benzene rings is 1. The number of esters is 1. The Balaban J connectivity index is 2.19. The van der Waals surface area contributed by atoms with Crippen molar-refractivity contribution in [3.05, 3.63) is 29.3 Å². The zero-order valence-electron chi connectivity index (χ0n) is 14.5. The minimum atomic E-state index is -3.60. The molecule has 1 aromatic carbocycles. The van der Waals surface area contributed by atoms with Crippen molar-refractivity contribution in [2.45, 2.75) is 31.6 Å². The van der Waals surface area contributed by atoms with Gasteiger partial charge in [0.15, 0.2) is 0 Å². The Bertz CT molecular complexity index is 680. The Morgan fingerprint density at radius 1 is 1.33 bits per heavy atom. The molecule has 0 aromatic heterocycles. The Morgan fingerprint density at radius 2 is 2.00 bits per heavy atom. The normalized spacial score (nSPS) is 17.0. The topological polar surface area (TPSA) is 75.7 Å². The highest BCUT2D eigenvalue weighted by atomic mass is 32.2. The van der Waals surface area contributed by atoms with Crippen LogP contribution in [0.15, 0.2) is 23.1 Å². The lowest BCUT2D eigenvalue weighted by atomic mass is 9.98. The molecule has 1 aliphatic heterocycles. The fraction of sp³-hybridized carbons (Fsp3) is 0.588. The molecule has 1 aromatic rings. The lowest BCUT2D eigenvalue weighted by Gasteiger charge is -2.31. The zero-order valence-corrected chi connectivity index (χ0v) is 15.4. The number of hydrogen-bond acceptors (Lipinski definition) is 5. The second-order valence-corrected chi connectivity index (χ2v) is 7.98. The molecule has 0 atom stereocenters. The standard InChI is InChI=1S/C17H26N2O4S/c1-4-18-12-14-8-10-19(11-9-14)24(21,22)16-7-5-6-15(13(16)2)17(20)23-3/h5-7,14,18H,4,8-12H2,1-3H3. The SMILES string of the molecule is CCNCC1CCN(S(=O)(=O)c2cccc(C(=O)OC)c2C)CC1. The molecule has 24 heavy (non-hydrogen) atoms. The van der Waals surface area contributed by atoms with Crippen molar-refractivity contribution in [3.8, 4) is 0 Å². The monoisotopic (exact) mass is 354 g/mol. The molecule has 1 N–H and O–H groups in total. The van der Waals surface area contributed by atoms with Crippen molar-refractivity contribution < 1.29 is 17.9 Å². The van der Waals surface area contributed by atoms with E-state index in [9.17, 15) is 13.2 Å². The van der Waals surface area contributed by atoms with Crippen LogP contribution in [0.5, 0.6) is 0 Å². The van der Waals surface area contributed by atoms with E-state index in [0.29, 0.717) is 30.1 Å². The third kappa shape index (κ3) is 3.96. The molecular formula is C17H26N2O4S. The van der Waals surface area contributed by atoms with E-state index >= 15 is 0 Å². The fourth-order valence-electron chi connectivity index (χ4n) is 3.07. The van der Waals surface area contributed by atoms with Crippen molar-refractivity contribution in [3.63, 3.8) is 0 Å². The van der Waals surface area contributed by atoms with E-state index in [2.05, 4.69) is 12.2 Å². The summed E-state index contributed by atoms with van der Waals surface area (Å²) in [4.78, 5) is 12.0. The van der Waals surface area contributed by atoms with Gasteiger partial charge in [-0.2, -0.15) is 4.31 Å². The highest BCUT2D eigenvalue weighted by Gasteiger charge is 2.31. The van der Waals surface area contributed by atoms with E-state index in [4.69, 9.17) is 4.74 Å². The molecule has 0 bridgehead atoms. The maximum absolute atomic E-state index is 13.0. The van der Waals surface area contributed by atoms with Crippen LogP contribution in [0.1, 0.15) is 35.7 Å². The van der Waals surface area contributed by atoms with Gasteiger partial charge in [-0.15, -0.1) is 0 Å². The number of ether oxygens (including phenoxy) is 1. The molecule has 0 aliphatic carbocycles. The van der Waals surface area contributed by atoms with Gasteiger partial charge in [0.1, 0.15) is 0 Å². The van der Waals surface area contributed by atoms with Gasteiger partial charge in [0.2, 0.25) is 10.0 Å². The first-order chi connectivity index (χ1) is 11.4. The first-order valence-corrected chi connectivity index (χ1v) is 9.74. The van der Waals surface area contributed by atoms with Gasteiger partial charge in [-0.3, -0.25) is 0 Å². The third-order valence-corrected chi connectivity index (χ3v) is 6.61. The summed E-state index contributed by atoms with van der Waals surface area (Å²) in [6.45, 7) is 6.60. The van der Waals surface area contributed by atoms with Crippen LogP contribution in [0.4, 0.5) is 0 Å². The molecule has 0 radical (unpaired) electrons. The Labute approximate surface area is 144 Å². The largest absolute Gasteiger partial charge is 0.465 e. The predicted molar refractivity (Wildman–Crippen MR) is 92.5 cm³/mol. The Hall–Kier alpha value is -1.44. The molecule has 2 rings (SSSR count). The average molecular weight is 354 g/mol. The van der Waals surface area contributed by atoms with Gasteiger partial charge in [0.05, 0.1) is 17.6 Å². The molecule has 1 fully saturated rings. The first-order valence-electron chi connectivity index (χ1n) is 8.30. The molecule has 1 heterocycles.